The van der Waals surface area contributed by atoms with Gasteiger partial charge in [-0.15, -0.1) is 11.6 Å². The van der Waals surface area contributed by atoms with Gasteiger partial charge in [0.25, 0.3) is 0 Å². The van der Waals surface area contributed by atoms with Crippen LogP contribution < -0.4 is 0 Å². The Morgan fingerprint density at radius 2 is 2.27 bits per heavy atom. The molecular formula is C6H7BClFO2. The Kier molecular flexibility index (Phi) is 2.70. The van der Waals surface area contributed by atoms with Crippen LogP contribution in [0.1, 0.15) is 6.42 Å². The van der Waals surface area contributed by atoms with Gasteiger partial charge >= 0.3 is 7.12 Å². The highest BCUT2D eigenvalue weighted by Crippen LogP contribution is 2.22. The monoisotopic (exact) mass is 176 g/mol. The summed E-state index contributed by atoms with van der Waals surface area (Å²) >= 11 is 5.57. The molecule has 0 saturated carbocycles. The summed E-state index contributed by atoms with van der Waals surface area (Å²) in [4.78, 5) is 0. The quantitative estimate of drug-likeness (QED) is 0.458. The van der Waals surface area contributed by atoms with Gasteiger partial charge in [0.2, 0.25) is 0 Å². The van der Waals surface area contributed by atoms with Crippen LogP contribution in [0, 0.1) is 0 Å². The number of hydrogen-bond acceptors (Lipinski definition) is 2. The predicted octanol–water partition coefficient (Wildman–Crippen LogP) is 0.789. The molecule has 0 aromatic carbocycles. The molecule has 0 saturated heterocycles. The van der Waals surface area contributed by atoms with Crippen LogP contribution in [-0.4, -0.2) is 22.5 Å². The smallest absolute Gasteiger partial charge is 0.423 e. The van der Waals surface area contributed by atoms with Gasteiger partial charge in [-0.05, 0) is 11.5 Å². The maximum absolute atomic E-state index is 12.6. The third kappa shape index (κ3) is 2.32. The van der Waals surface area contributed by atoms with Crippen LogP contribution in [0.2, 0.25) is 0 Å². The lowest BCUT2D eigenvalue weighted by Gasteiger charge is -2.11. The fourth-order valence-corrected chi connectivity index (χ4v) is 1.20. The summed E-state index contributed by atoms with van der Waals surface area (Å²) in [6, 6.07) is 0. The molecule has 0 aromatic heterocycles. The number of alkyl halides is 1. The SMILES string of the molecule is OB(O)C1=CC(Cl)CC(F)=C1. The van der Waals surface area contributed by atoms with Crippen LogP contribution in [0.25, 0.3) is 0 Å². The Labute approximate surface area is 69.1 Å². The number of halogens is 2. The van der Waals surface area contributed by atoms with E-state index in [1.165, 1.54) is 6.08 Å². The van der Waals surface area contributed by atoms with Crippen molar-refractivity contribution in [3.63, 3.8) is 0 Å². The first-order valence-electron chi connectivity index (χ1n) is 3.17. The summed E-state index contributed by atoms with van der Waals surface area (Å²) in [5.41, 5.74) is 0.119. The molecule has 60 valence electrons. The Bertz CT molecular complexity index is 215. The highest BCUT2D eigenvalue weighted by atomic mass is 35.5. The highest BCUT2D eigenvalue weighted by Gasteiger charge is 2.20. The fraction of sp³-hybridized carbons (Fsp3) is 0.333. The lowest BCUT2D eigenvalue weighted by atomic mass is 9.76. The largest absolute Gasteiger partial charge is 0.488 e. The zero-order valence-corrected chi connectivity index (χ0v) is 6.42. The molecule has 11 heavy (non-hydrogen) atoms. The van der Waals surface area contributed by atoms with Crippen LogP contribution in [0.15, 0.2) is 23.5 Å². The minimum atomic E-state index is -1.64. The molecule has 0 radical (unpaired) electrons. The normalized spacial score (nSPS) is 24.2. The summed E-state index contributed by atoms with van der Waals surface area (Å²) in [7, 11) is -1.64. The zero-order valence-electron chi connectivity index (χ0n) is 5.67. The van der Waals surface area contributed by atoms with Gasteiger partial charge in [-0.3, -0.25) is 0 Å². The van der Waals surface area contributed by atoms with E-state index in [-0.39, 0.29) is 11.9 Å². The van der Waals surface area contributed by atoms with Crippen molar-refractivity contribution in [2.45, 2.75) is 11.8 Å². The minimum Gasteiger partial charge on any atom is -0.423 e. The molecule has 2 N–H and O–H groups in total. The third-order valence-electron chi connectivity index (χ3n) is 1.38. The standard InChI is InChI=1S/C6H7BClFO2/c8-5-1-4(7(10)11)2-6(9)3-5/h1-2,5,10-11H,3H2. The molecule has 0 amide bonds. The molecule has 1 atom stereocenters. The van der Waals surface area contributed by atoms with Crippen molar-refractivity contribution >= 4 is 18.7 Å². The Morgan fingerprint density at radius 1 is 1.64 bits per heavy atom. The summed E-state index contributed by atoms with van der Waals surface area (Å²) in [6.45, 7) is 0. The van der Waals surface area contributed by atoms with Crippen molar-refractivity contribution in [3.8, 4) is 0 Å². The average molecular weight is 176 g/mol. The molecule has 0 aliphatic heterocycles. The van der Waals surface area contributed by atoms with E-state index >= 15 is 0 Å². The lowest BCUT2D eigenvalue weighted by Crippen LogP contribution is -2.18. The zero-order chi connectivity index (χ0) is 8.43. The second-order valence-electron chi connectivity index (χ2n) is 2.35. The maximum atomic E-state index is 12.6. The predicted molar refractivity (Wildman–Crippen MR) is 41.7 cm³/mol. The maximum Gasteiger partial charge on any atom is 0.488 e. The molecule has 2 nitrogen and oxygen atoms in total. The minimum absolute atomic E-state index is 0.119. The van der Waals surface area contributed by atoms with Crippen molar-refractivity contribution in [1.29, 1.82) is 0 Å². The van der Waals surface area contributed by atoms with E-state index in [1.807, 2.05) is 0 Å². The van der Waals surface area contributed by atoms with Gasteiger partial charge in [0.1, 0.15) is 5.83 Å². The average Bonchev–Trinajstić information content (AvgIpc) is 1.85. The van der Waals surface area contributed by atoms with Crippen LogP contribution in [0.3, 0.4) is 0 Å². The van der Waals surface area contributed by atoms with E-state index in [1.54, 1.807) is 0 Å². The van der Waals surface area contributed by atoms with Gasteiger partial charge in [-0.25, -0.2) is 4.39 Å². The van der Waals surface area contributed by atoms with Gasteiger partial charge in [0.05, 0.1) is 5.38 Å². The Balaban J connectivity index is 2.78. The fourth-order valence-electron chi connectivity index (χ4n) is 0.903. The molecule has 0 bridgehead atoms. The van der Waals surface area contributed by atoms with Gasteiger partial charge in [0.15, 0.2) is 0 Å². The molecule has 5 heteroatoms. The summed E-state index contributed by atoms with van der Waals surface area (Å²) in [5.74, 6) is -0.421. The van der Waals surface area contributed by atoms with Gasteiger partial charge in [0, 0.05) is 6.42 Å². The van der Waals surface area contributed by atoms with Gasteiger partial charge < -0.3 is 10.0 Å². The summed E-state index contributed by atoms with van der Waals surface area (Å²) in [5, 5.41) is 16.8. The topological polar surface area (TPSA) is 40.5 Å². The van der Waals surface area contributed by atoms with Crippen LogP contribution in [-0.2, 0) is 0 Å². The van der Waals surface area contributed by atoms with Crippen molar-refractivity contribution < 1.29 is 14.4 Å². The molecule has 1 aliphatic carbocycles. The van der Waals surface area contributed by atoms with E-state index in [4.69, 9.17) is 21.6 Å². The van der Waals surface area contributed by atoms with Crippen molar-refractivity contribution in [2.24, 2.45) is 0 Å². The Morgan fingerprint density at radius 3 is 2.73 bits per heavy atom. The second kappa shape index (κ2) is 3.39. The molecule has 1 rings (SSSR count). The Hall–Kier alpha value is -0.315. The molecule has 0 aromatic rings. The number of hydrogen-bond donors (Lipinski definition) is 2. The molecule has 1 aliphatic rings. The highest BCUT2D eigenvalue weighted by molar-refractivity contribution is 6.52. The van der Waals surface area contributed by atoms with E-state index in [2.05, 4.69) is 0 Å². The van der Waals surface area contributed by atoms with Crippen LogP contribution in [0.4, 0.5) is 4.39 Å². The first-order valence-corrected chi connectivity index (χ1v) is 3.61. The van der Waals surface area contributed by atoms with E-state index in [9.17, 15) is 4.39 Å². The first kappa shape index (κ1) is 8.78. The van der Waals surface area contributed by atoms with Crippen molar-refractivity contribution in [1.82, 2.24) is 0 Å². The summed E-state index contributed by atoms with van der Waals surface area (Å²) in [6.07, 6.45) is 2.64. The number of allylic oxidation sites excluding steroid dienone is 4. The van der Waals surface area contributed by atoms with Crippen LogP contribution >= 0.6 is 11.6 Å². The van der Waals surface area contributed by atoms with Crippen molar-refractivity contribution in [3.05, 3.63) is 23.5 Å². The molecule has 1 unspecified atom stereocenters. The van der Waals surface area contributed by atoms with E-state index in [0.29, 0.717) is 0 Å². The lowest BCUT2D eigenvalue weighted by molar-refractivity contribution is 0.419. The molecule has 0 heterocycles. The molecular weight excluding hydrogens is 169 g/mol. The van der Waals surface area contributed by atoms with Crippen LogP contribution in [0.5, 0.6) is 0 Å². The third-order valence-corrected chi connectivity index (χ3v) is 1.67. The summed E-state index contributed by atoms with van der Waals surface area (Å²) < 4.78 is 12.6. The van der Waals surface area contributed by atoms with Crippen molar-refractivity contribution in [2.75, 3.05) is 0 Å². The van der Waals surface area contributed by atoms with E-state index in [0.717, 1.165) is 6.08 Å². The van der Waals surface area contributed by atoms with E-state index < -0.39 is 18.3 Å². The first-order chi connectivity index (χ1) is 5.09. The molecule has 0 fully saturated rings. The van der Waals surface area contributed by atoms with Gasteiger partial charge in [-0.1, -0.05) is 6.08 Å². The second-order valence-corrected chi connectivity index (χ2v) is 2.91. The number of rotatable bonds is 1. The van der Waals surface area contributed by atoms with Gasteiger partial charge in [-0.2, -0.15) is 0 Å². The molecule has 0 spiro atoms.